The number of halogens is 1. The molecular formula is C15H19ClO. The molecule has 0 unspecified atom stereocenters. The van der Waals surface area contributed by atoms with Gasteiger partial charge in [-0.15, -0.1) is 0 Å². The van der Waals surface area contributed by atoms with Gasteiger partial charge in [-0.05, 0) is 42.7 Å². The highest BCUT2D eigenvalue weighted by Crippen LogP contribution is 2.41. The molecule has 1 aromatic carbocycles. The molecule has 2 heteroatoms. The van der Waals surface area contributed by atoms with Crippen LogP contribution in [-0.2, 0) is 6.42 Å². The molecule has 1 heterocycles. The Balaban J connectivity index is 1.90. The van der Waals surface area contributed by atoms with Gasteiger partial charge in [-0.25, -0.2) is 0 Å². The lowest BCUT2D eigenvalue weighted by Gasteiger charge is -2.26. The Bertz CT molecular complexity index is 423. The minimum absolute atomic E-state index is 0.607. The summed E-state index contributed by atoms with van der Waals surface area (Å²) in [7, 11) is 0. The van der Waals surface area contributed by atoms with Gasteiger partial charge in [0.15, 0.2) is 0 Å². The van der Waals surface area contributed by atoms with Crippen molar-refractivity contribution in [3.8, 4) is 5.75 Å². The summed E-state index contributed by atoms with van der Waals surface area (Å²) in [5, 5.41) is 0.888. The first kappa shape index (κ1) is 11.4. The number of ether oxygens (including phenoxy) is 1. The maximum atomic E-state index is 6.33. The maximum Gasteiger partial charge on any atom is 0.127 e. The molecule has 0 amide bonds. The van der Waals surface area contributed by atoms with Gasteiger partial charge in [0.1, 0.15) is 5.75 Å². The average molecular weight is 251 g/mol. The minimum atomic E-state index is 0.607. The zero-order valence-electron chi connectivity index (χ0n) is 10.3. The molecule has 17 heavy (non-hydrogen) atoms. The first-order chi connectivity index (χ1) is 8.25. The van der Waals surface area contributed by atoms with Gasteiger partial charge in [-0.1, -0.05) is 37.4 Å². The summed E-state index contributed by atoms with van der Waals surface area (Å²) >= 11 is 6.33. The molecule has 0 aromatic heterocycles. The van der Waals surface area contributed by atoms with E-state index < -0.39 is 0 Å². The number of hydrogen-bond donors (Lipinski definition) is 0. The Hall–Kier alpha value is -0.690. The second-order valence-corrected chi connectivity index (χ2v) is 5.87. The van der Waals surface area contributed by atoms with Gasteiger partial charge in [-0.3, -0.25) is 0 Å². The van der Waals surface area contributed by atoms with Crippen molar-refractivity contribution in [2.75, 3.05) is 6.61 Å². The van der Waals surface area contributed by atoms with Gasteiger partial charge in [0.25, 0.3) is 0 Å². The molecule has 1 aliphatic heterocycles. The fraction of sp³-hybridized carbons (Fsp3) is 0.600. The molecular weight excluding hydrogens is 232 g/mol. The Labute approximate surface area is 108 Å². The Morgan fingerprint density at radius 3 is 2.88 bits per heavy atom. The molecule has 0 radical (unpaired) electrons. The summed E-state index contributed by atoms with van der Waals surface area (Å²) in [4.78, 5) is 0. The largest absolute Gasteiger partial charge is 0.493 e. The van der Waals surface area contributed by atoms with Gasteiger partial charge < -0.3 is 4.74 Å². The van der Waals surface area contributed by atoms with Crippen molar-refractivity contribution in [1.82, 2.24) is 0 Å². The molecule has 2 aliphatic rings. The quantitative estimate of drug-likeness (QED) is 0.764. The molecule has 0 N–H and O–H groups in total. The van der Waals surface area contributed by atoms with Crippen LogP contribution < -0.4 is 4.74 Å². The number of rotatable bonds is 3. The molecule has 92 valence electrons. The van der Waals surface area contributed by atoms with Crippen molar-refractivity contribution in [1.29, 1.82) is 0 Å². The zero-order chi connectivity index (χ0) is 11.8. The average Bonchev–Trinajstić information content (AvgIpc) is 3.12. The van der Waals surface area contributed by atoms with Gasteiger partial charge in [0, 0.05) is 10.6 Å². The molecule has 1 atom stereocenters. The molecule has 1 aliphatic carbocycles. The lowest BCUT2D eigenvalue weighted by molar-refractivity contribution is 0.269. The molecule has 1 fully saturated rings. The van der Waals surface area contributed by atoms with Gasteiger partial charge in [0.2, 0.25) is 0 Å². The van der Waals surface area contributed by atoms with Crippen LogP contribution in [0.4, 0.5) is 0 Å². The Morgan fingerprint density at radius 1 is 1.29 bits per heavy atom. The molecule has 1 aromatic rings. The monoisotopic (exact) mass is 250 g/mol. The molecule has 0 saturated heterocycles. The van der Waals surface area contributed by atoms with Crippen LogP contribution in [0.15, 0.2) is 12.1 Å². The fourth-order valence-electron chi connectivity index (χ4n) is 2.66. The van der Waals surface area contributed by atoms with Crippen molar-refractivity contribution in [3.05, 3.63) is 28.3 Å². The molecule has 0 spiro atoms. The third-order valence-corrected chi connectivity index (χ3v) is 4.42. The SMILES string of the molecule is C[C@@H]1CCOc2c1ccc(Cl)c2CCC1CC1. The second-order valence-electron chi connectivity index (χ2n) is 5.46. The van der Waals surface area contributed by atoms with E-state index in [1.165, 1.54) is 30.4 Å². The van der Waals surface area contributed by atoms with Gasteiger partial charge in [-0.2, -0.15) is 0 Å². The van der Waals surface area contributed by atoms with Crippen LogP contribution in [0, 0.1) is 5.92 Å². The third kappa shape index (κ3) is 2.30. The van der Waals surface area contributed by atoms with E-state index >= 15 is 0 Å². The van der Waals surface area contributed by atoms with Crippen LogP contribution in [0.2, 0.25) is 5.02 Å². The lowest BCUT2D eigenvalue weighted by atomic mass is 9.91. The van der Waals surface area contributed by atoms with Crippen LogP contribution in [0.3, 0.4) is 0 Å². The summed E-state index contributed by atoms with van der Waals surface area (Å²) < 4.78 is 5.87. The zero-order valence-corrected chi connectivity index (χ0v) is 11.1. The first-order valence-electron chi connectivity index (χ1n) is 6.70. The topological polar surface area (TPSA) is 9.23 Å². The highest BCUT2D eigenvalue weighted by molar-refractivity contribution is 6.31. The van der Waals surface area contributed by atoms with E-state index in [1.54, 1.807) is 0 Å². The van der Waals surface area contributed by atoms with Crippen molar-refractivity contribution >= 4 is 11.6 Å². The summed E-state index contributed by atoms with van der Waals surface area (Å²) in [5.74, 6) is 2.65. The molecule has 0 bridgehead atoms. The van der Waals surface area contributed by atoms with Crippen molar-refractivity contribution in [3.63, 3.8) is 0 Å². The predicted octanol–water partition coefficient (Wildman–Crippen LogP) is 4.57. The lowest BCUT2D eigenvalue weighted by Crippen LogP contribution is -2.14. The van der Waals surface area contributed by atoms with Crippen LogP contribution in [-0.4, -0.2) is 6.61 Å². The fourth-order valence-corrected chi connectivity index (χ4v) is 2.90. The van der Waals surface area contributed by atoms with E-state index in [4.69, 9.17) is 16.3 Å². The number of fused-ring (bicyclic) bond motifs is 1. The van der Waals surface area contributed by atoms with E-state index in [9.17, 15) is 0 Å². The van der Waals surface area contributed by atoms with Gasteiger partial charge in [0.05, 0.1) is 6.61 Å². The molecule has 3 rings (SSSR count). The highest BCUT2D eigenvalue weighted by atomic mass is 35.5. The van der Waals surface area contributed by atoms with Crippen molar-refractivity contribution in [2.24, 2.45) is 5.92 Å². The smallest absolute Gasteiger partial charge is 0.127 e. The van der Waals surface area contributed by atoms with Crippen molar-refractivity contribution < 1.29 is 4.74 Å². The van der Waals surface area contributed by atoms with E-state index in [0.717, 1.165) is 36.1 Å². The van der Waals surface area contributed by atoms with Gasteiger partial charge >= 0.3 is 0 Å². The van der Waals surface area contributed by atoms with Crippen LogP contribution in [0.1, 0.15) is 49.7 Å². The summed E-state index contributed by atoms with van der Waals surface area (Å²) in [6.45, 7) is 3.12. The third-order valence-electron chi connectivity index (χ3n) is 4.06. The first-order valence-corrected chi connectivity index (χ1v) is 7.07. The van der Waals surface area contributed by atoms with E-state index in [2.05, 4.69) is 13.0 Å². The number of hydrogen-bond acceptors (Lipinski definition) is 1. The second kappa shape index (κ2) is 4.53. The Kier molecular flexibility index (Phi) is 3.04. The predicted molar refractivity (Wildman–Crippen MR) is 71.0 cm³/mol. The van der Waals surface area contributed by atoms with E-state index in [1.807, 2.05) is 6.07 Å². The summed E-state index contributed by atoms with van der Waals surface area (Å²) in [5.41, 5.74) is 2.61. The van der Waals surface area contributed by atoms with Crippen LogP contribution in [0.25, 0.3) is 0 Å². The van der Waals surface area contributed by atoms with Crippen LogP contribution in [0.5, 0.6) is 5.75 Å². The number of benzene rings is 1. The minimum Gasteiger partial charge on any atom is -0.493 e. The Morgan fingerprint density at radius 2 is 2.12 bits per heavy atom. The van der Waals surface area contributed by atoms with Crippen molar-refractivity contribution in [2.45, 2.75) is 44.9 Å². The normalized spacial score (nSPS) is 23.1. The highest BCUT2D eigenvalue weighted by Gasteiger charge is 2.25. The van der Waals surface area contributed by atoms with E-state index in [0.29, 0.717) is 5.92 Å². The molecule has 1 saturated carbocycles. The van der Waals surface area contributed by atoms with Crippen LogP contribution >= 0.6 is 11.6 Å². The van der Waals surface area contributed by atoms with E-state index in [-0.39, 0.29) is 0 Å². The summed E-state index contributed by atoms with van der Waals surface area (Å²) in [6, 6.07) is 4.19. The molecule has 1 nitrogen and oxygen atoms in total. The maximum absolute atomic E-state index is 6.33. The standard InChI is InChI=1S/C15H19ClO/c1-10-8-9-17-15-12(10)6-7-14(16)13(15)5-4-11-2-3-11/h6-7,10-11H,2-5,8-9H2,1H3/t10-/m1/s1. The summed E-state index contributed by atoms with van der Waals surface area (Å²) in [6.07, 6.45) is 6.29.